The minimum atomic E-state index is -0.987. The van der Waals surface area contributed by atoms with E-state index in [-0.39, 0.29) is 11.9 Å². The Morgan fingerprint density at radius 1 is 1.00 bits per heavy atom. The normalized spacial score (nSPS) is 22.4. The summed E-state index contributed by atoms with van der Waals surface area (Å²) in [6.45, 7) is 2.39. The molecule has 0 saturated carbocycles. The quantitative estimate of drug-likeness (QED) is 0.695. The zero-order chi connectivity index (χ0) is 17.2. The Hall–Kier alpha value is -3.08. The maximum atomic E-state index is 13.4. The molecule has 2 aliphatic heterocycles. The van der Waals surface area contributed by atoms with Crippen LogP contribution in [0.3, 0.4) is 0 Å². The number of hydrogen-bond acceptors (Lipinski definition) is 2. The van der Waals surface area contributed by atoms with Gasteiger partial charge in [0.2, 0.25) is 0 Å². The number of rotatable bonds is 1. The summed E-state index contributed by atoms with van der Waals surface area (Å²) < 4.78 is 0. The van der Waals surface area contributed by atoms with Crippen molar-refractivity contribution in [1.82, 2.24) is 9.88 Å². The number of amides is 3. The second kappa shape index (κ2) is 4.72. The minimum Gasteiger partial charge on any atom is -0.356 e. The SMILES string of the molecule is C[C@@]12C(=O)N(c3ccccc3)C(=O)N1CCc1c2[nH]c2ccccc12. The van der Waals surface area contributed by atoms with Crippen molar-refractivity contribution in [3.63, 3.8) is 0 Å². The number of aromatic amines is 1. The van der Waals surface area contributed by atoms with Crippen LogP contribution in [0, 0.1) is 0 Å². The van der Waals surface area contributed by atoms with Crippen LogP contribution in [0.5, 0.6) is 0 Å². The zero-order valence-corrected chi connectivity index (χ0v) is 13.8. The molecule has 1 aromatic heterocycles. The van der Waals surface area contributed by atoms with Crippen molar-refractivity contribution < 1.29 is 9.59 Å². The van der Waals surface area contributed by atoms with Gasteiger partial charge in [-0.25, -0.2) is 9.69 Å². The van der Waals surface area contributed by atoms with Gasteiger partial charge in [0.25, 0.3) is 5.91 Å². The molecule has 1 N–H and O–H groups in total. The molecule has 3 aromatic rings. The summed E-state index contributed by atoms with van der Waals surface area (Å²) in [7, 11) is 0. The Bertz CT molecular complexity index is 1020. The third-order valence-corrected chi connectivity index (χ3v) is 5.48. The highest BCUT2D eigenvalue weighted by Crippen LogP contribution is 2.45. The number of aromatic nitrogens is 1. The van der Waals surface area contributed by atoms with E-state index in [9.17, 15) is 9.59 Å². The Morgan fingerprint density at radius 3 is 2.52 bits per heavy atom. The first-order valence-electron chi connectivity index (χ1n) is 8.43. The number of nitrogens with zero attached hydrogens (tertiary/aromatic N) is 2. The number of nitrogens with one attached hydrogen (secondary N) is 1. The number of H-pyrrole nitrogens is 1. The molecule has 124 valence electrons. The van der Waals surface area contributed by atoms with Crippen molar-refractivity contribution in [1.29, 1.82) is 0 Å². The van der Waals surface area contributed by atoms with Gasteiger partial charge in [-0.1, -0.05) is 36.4 Å². The van der Waals surface area contributed by atoms with Gasteiger partial charge in [0.1, 0.15) is 0 Å². The van der Waals surface area contributed by atoms with E-state index in [0.717, 1.165) is 28.6 Å². The van der Waals surface area contributed by atoms with Gasteiger partial charge in [-0.2, -0.15) is 0 Å². The maximum Gasteiger partial charge on any atom is 0.332 e. The predicted molar refractivity (Wildman–Crippen MR) is 95.4 cm³/mol. The fourth-order valence-electron chi connectivity index (χ4n) is 4.20. The number of carbonyl (C=O) groups excluding carboxylic acids is 2. The first-order valence-corrected chi connectivity index (χ1v) is 8.43. The van der Waals surface area contributed by atoms with Crippen LogP contribution in [0.1, 0.15) is 18.2 Å². The van der Waals surface area contributed by atoms with Crippen molar-refractivity contribution >= 4 is 28.5 Å². The average molecular weight is 331 g/mol. The van der Waals surface area contributed by atoms with Crippen molar-refractivity contribution in [2.45, 2.75) is 18.9 Å². The van der Waals surface area contributed by atoms with Crippen LogP contribution in [0.2, 0.25) is 0 Å². The van der Waals surface area contributed by atoms with Crippen LogP contribution >= 0.6 is 0 Å². The number of hydrogen-bond donors (Lipinski definition) is 1. The molecule has 5 rings (SSSR count). The van der Waals surface area contributed by atoms with Crippen molar-refractivity contribution in [2.24, 2.45) is 0 Å². The lowest BCUT2D eigenvalue weighted by atomic mass is 9.87. The van der Waals surface area contributed by atoms with Gasteiger partial charge in [0.05, 0.1) is 11.4 Å². The summed E-state index contributed by atoms with van der Waals surface area (Å²) in [4.78, 5) is 32.8. The third-order valence-electron chi connectivity index (χ3n) is 5.48. The van der Waals surface area contributed by atoms with Crippen LogP contribution in [0.25, 0.3) is 10.9 Å². The molecule has 1 fully saturated rings. The van der Waals surface area contributed by atoms with Crippen molar-refractivity contribution in [3.8, 4) is 0 Å². The monoisotopic (exact) mass is 331 g/mol. The Labute approximate surface area is 144 Å². The molecule has 5 nitrogen and oxygen atoms in total. The average Bonchev–Trinajstić information content (AvgIpc) is 3.11. The van der Waals surface area contributed by atoms with Crippen LogP contribution in [-0.4, -0.2) is 28.4 Å². The fraction of sp³-hybridized carbons (Fsp3) is 0.200. The van der Waals surface area contributed by atoms with Crippen molar-refractivity contribution in [2.75, 3.05) is 11.4 Å². The van der Waals surface area contributed by atoms with Gasteiger partial charge in [0, 0.05) is 17.4 Å². The molecule has 2 aromatic carbocycles. The lowest BCUT2D eigenvalue weighted by molar-refractivity contribution is -0.125. The number of carbonyl (C=O) groups is 2. The van der Waals surface area contributed by atoms with E-state index in [2.05, 4.69) is 11.1 Å². The Kier molecular flexibility index (Phi) is 2.70. The second-order valence-corrected chi connectivity index (χ2v) is 6.76. The summed E-state index contributed by atoms with van der Waals surface area (Å²) in [6, 6.07) is 17.0. The second-order valence-electron chi connectivity index (χ2n) is 6.76. The molecule has 5 heteroatoms. The standard InChI is InChI=1S/C20H17N3O2/c1-20-17-15(14-9-5-6-10-16(14)21-17)11-12-22(20)19(25)23(18(20)24)13-7-3-2-4-8-13/h2-10,21H,11-12H2,1H3/t20-/m1/s1. The lowest BCUT2D eigenvalue weighted by Crippen LogP contribution is -2.49. The van der Waals surface area contributed by atoms with Crippen molar-refractivity contribution in [3.05, 3.63) is 65.9 Å². The molecule has 25 heavy (non-hydrogen) atoms. The number of imide groups is 1. The molecule has 2 aliphatic rings. The van der Waals surface area contributed by atoms with Gasteiger partial charge in [-0.15, -0.1) is 0 Å². The van der Waals surface area contributed by atoms with E-state index >= 15 is 0 Å². The molecule has 3 heterocycles. The summed E-state index contributed by atoms with van der Waals surface area (Å²) >= 11 is 0. The summed E-state index contributed by atoms with van der Waals surface area (Å²) in [5.74, 6) is -0.198. The first kappa shape index (κ1) is 14.3. The van der Waals surface area contributed by atoms with E-state index in [4.69, 9.17) is 0 Å². The molecule has 0 radical (unpaired) electrons. The van der Waals surface area contributed by atoms with Gasteiger partial charge >= 0.3 is 6.03 Å². The molecular formula is C20H17N3O2. The topological polar surface area (TPSA) is 56.4 Å². The van der Waals surface area contributed by atoms with Gasteiger partial charge in [-0.05, 0) is 37.1 Å². The lowest BCUT2D eigenvalue weighted by Gasteiger charge is -2.35. The summed E-state index contributed by atoms with van der Waals surface area (Å²) in [6.07, 6.45) is 0.747. The smallest absolute Gasteiger partial charge is 0.332 e. The highest BCUT2D eigenvalue weighted by atomic mass is 16.2. The first-order chi connectivity index (χ1) is 12.1. The largest absolute Gasteiger partial charge is 0.356 e. The molecule has 0 unspecified atom stereocenters. The third kappa shape index (κ3) is 1.67. The number of benzene rings is 2. The number of para-hydroxylation sites is 2. The number of urea groups is 1. The van der Waals surface area contributed by atoms with Crippen LogP contribution in [0.4, 0.5) is 10.5 Å². The molecule has 1 atom stereocenters. The summed E-state index contributed by atoms with van der Waals surface area (Å²) in [5, 5.41) is 1.14. The Morgan fingerprint density at radius 2 is 1.72 bits per heavy atom. The van der Waals surface area contributed by atoms with Gasteiger partial charge in [0.15, 0.2) is 5.54 Å². The van der Waals surface area contributed by atoms with E-state index < -0.39 is 5.54 Å². The highest BCUT2D eigenvalue weighted by molar-refractivity contribution is 6.23. The molecule has 0 bridgehead atoms. The molecule has 0 spiro atoms. The van der Waals surface area contributed by atoms with E-state index in [0.29, 0.717) is 12.2 Å². The van der Waals surface area contributed by atoms with Gasteiger partial charge < -0.3 is 9.88 Å². The Balaban J connectivity index is 1.72. The summed E-state index contributed by atoms with van der Waals surface area (Å²) in [5.41, 5.74) is 2.63. The molecular weight excluding hydrogens is 314 g/mol. The number of anilines is 1. The van der Waals surface area contributed by atoms with Gasteiger partial charge in [-0.3, -0.25) is 4.79 Å². The van der Waals surface area contributed by atoms with Crippen LogP contribution in [0.15, 0.2) is 54.6 Å². The number of fused-ring (bicyclic) bond motifs is 5. The molecule has 1 saturated heterocycles. The van der Waals surface area contributed by atoms with Crippen LogP contribution < -0.4 is 4.90 Å². The minimum absolute atomic E-state index is 0.198. The molecule has 0 aliphatic carbocycles. The zero-order valence-electron chi connectivity index (χ0n) is 13.8. The fourth-order valence-corrected chi connectivity index (χ4v) is 4.20. The predicted octanol–water partition coefficient (Wildman–Crippen LogP) is 3.41. The highest BCUT2D eigenvalue weighted by Gasteiger charge is 2.58. The van der Waals surface area contributed by atoms with E-state index in [1.807, 2.05) is 43.3 Å². The van der Waals surface area contributed by atoms with E-state index in [1.165, 1.54) is 4.90 Å². The van der Waals surface area contributed by atoms with Crippen LogP contribution in [-0.2, 0) is 16.8 Å². The molecule has 3 amide bonds. The maximum absolute atomic E-state index is 13.4. The van der Waals surface area contributed by atoms with E-state index in [1.54, 1.807) is 17.0 Å².